The molecule has 1 fully saturated rings. The summed E-state index contributed by atoms with van der Waals surface area (Å²) in [6.45, 7) is 3.43. The molecule has 7 heteroatoms. The third-order valence-corrected chi connectivity index (χ3v) is 5.71. The summed E-state index contributed by atoms with van der Waals surface area (Å²) in [5.74, 6) is 0.215. The minimum absolute atomic E-state index is 0.0910. The van der Waals surface area contributed by atoms with E-state index in [-0.39, 0.29) is 21.9 Å². The Kier molecular flexibility index (Phi) is 5.62. The molecule has 0 aliphatic carbocycles. The predicted molar refractivity (Wildman–Crippen MR) is 82.7 cm³/mol. The van der Waals surface area contributed by atoms with Crippen molar-refractivity contribution in [2.24, 2.45) is 11.7 Å². The predicted octanol–water partition coefficient (Wildman–Crippen LogP) is 1.89. The van der Waals surface area contributed by atoms with Crippen molar-refractivity contribution in [3.8, 4) is 0 Å². The number of hydrogen-bond acceptors (Lipinski definition) is 4. The summed E-state index contributed by atoms with van der Waals surface area (Å²) in [7, 11) is -3.61. The summed E-state index contributed by atoms with van der Waals surface area (Å²) in [4.78, 5) is 0.0910. The van der Waals surface area contributed by atoms with Crippen molar-refractivity contribution in [1.29, 1.82) is 0 Å². The van der Waals surface area contributed by atoms with Crippen molar-refractivity contribution in [2.75, 3.05) is 13.2 Å². The van der Waals surface area contributed by atoms with Gasteiger partial charge >= 0.3 is 0 Å². The molecule has 21 heavy (non-hydrogen) atoms. The molecule has 1 aliphatic heterocycles. The van der Waals surface area contributed by atoms with Gasteiger partial charge in [0.15, 0.2) is 0 Å². The van der Waals surface area contributed by atoms with E-state index in [4.69, 9.17) is 22.1 Å². The lowest BCUT2D eigenvalue weighted by molar-refractivity contribution is 0.0884. The van der Waals surface area contributed by atoms with Crippen LogP contribution in [-0.2, 0) is 21.3 Å². The topological polar surface area (TPSA) is 81.4 Å². The highest BCUT2D eigenvalue weighted by Crippen LogP contribution is 2.25. The lowest BCUT2D eigenvalue weighted by atomic mass is 10.0. The number of nitrogens with one attached hydrogen (secondary N) is 1. The van der Waals surface area contributed by atoms with Crippen LogP contribution in [0.5, 0.6) is 0 Å². The normalized spacial score (nSPS) is 22.6. The average molecular weight is 333 g/mol. The molecule has 0 aromatic heterocycles. The first-order chi connectivity index (χ1) is 9.97. The maximum Gasteiger partial charge on any atom is 0.242 e. The van der Waals surface area contributed by atoms with E-state index in [0.717, 1.165) is 18.4 Å². The van der Waals surface area contributed by atoms with Gasteiger partial charge in [-0.15, -0.1) is 0 Å². The largest absolute Gasteiger partial charge is 0.378 e. The van der Waals surface area contributed by atoms with Gasteiger partial charge in [0.1, 0.15) is 4.90 Å². The maximum atomic E-state index is 12.3. The summed E-state index contributed by atoms with van der Waals surface area (Å²) in [5, 5.41) is 0.195. The molecule has 1 aromatic rings. The molecule has 1 saturated heterocycles. The molecule has 1 aromatic carbocycles. The molecule has 5 nitrogen and oxygen atoms in total. The maximum absolute atomic E-state index is 12.3. The first-order valence-corrected chi connectivity index (χ1v) is 8.93. The van der Waals surface area contributed by atoms with E-state index >= 15 is 0 Å². The number of ether oxygens (including phenoxy) is 1. The molecule has 0 spiro atoms. The molecular formula is C14H21ClN2O3S. The van der Waals surface area contributed by atoms with E-state index in [1.54, 1.807) is 12.1 Å². The van der Waals surface area contributed by atoms with Crippen molar-refractivity contribution in [2.45, 2.75) is 37.3 Å². The van der Waals surface area contributed by atoms with E-state index in [0.29, 0.717) is 19.7 Å². The number of nitrogens with two attached hydrogens (primary N) is 1. The van der Waals surface area contributed by atoms with Gasteiger partial charge < -0.3 is 10.5 Å². The summed E-state index contributed by atoms with van der Waals surface area (Å²) in [5.41, 5.74) is 6.31. The molecule has 0 bridgehead atoms. The molecular weight excluding hydrogens is 312 g/mol. The fourth-order valence-corrected chi connectivity index (χ4v) is 4.22. The van der Waals surface area contributed by atoms with E-state index in [9.17, 15) is 8.42 Å². The van der Waals surface area contributed by atoms with Crippen LogP contribution in [0.3, 0.4) is 0 Å². The van der Waals surface area contributed by atoms with Crippen LogP contribution in [0.4, 0.5) is 0 Å². The molecule has 0 amide bonds. The van der Waals surface area contributed by atoms with E-state index in [2.05, 4.69) is 4.72 Å². The Balaban J connectivity index is 2.08. The van der Waals surface area contributed by atoms with Crippen LogP contribution >= 0.6 is 11.6 Å². The Morgan fingerprint density at radius 3 is 2.86 bits per heavy atom. The highest BCUT2D eigenvalue weighted by atomic mass is 35.5. The molecule has 0 radical (unpaired) electrons. The molecule has 1 heterocycles. The number of hydrogen-bond donors (Lipinski definition) is 2. The standard InChI is InChI=1S/C14H21ClN2O3S/c1-2-13-11(5-6-20-13)9-17-21(18,19)14-4-3-10(8-16)7-12(14)15/h3-4,7,11,13,17H,2,5-6,8-9,16H2,1H3. The molecule has 2 rings (SSSR count). The van der Waals surface area contributed by atoms with E-state index in [1.807, 2.05) is 6.92 Å². The second-order valence-electron chi connectivity index (χ2n) is 5.19. The highest BCUT2D eigenvalue weighted by molar-refractivity contribution is 7.89. The van der Waals surface area contributed by atoms with Gasteiger partial charge in [-0.25, -0.2) is 13.1 Å². The third-order valence-electron chi connectivity index (χ3n) is 3.81. The number of benzene rings is 1. The number of sulfonamides is 1. The van der Waals surface area contributed by atoms with Crippen molar-refractivity contribution in [3.05, 3.63) is 28.8 Å². The molecule has 1 aliphatic rings. The van der Waals surface area contributed by atoms with Crippen LogP contribution in [0.2, 0.25) is 5.02 Å². The summed E-state index contributed by atoms with van der Waals surface area (Å²) in [6.07, 6.45) is 1.89. The zero-order valence-corrected chi connectivity index (χ0v) is 13.6. The van der Waals surface area contributed by atoms with Gasteiger partial charge in [-0.3, -0.25) is 0 Å². The van der Waals surface area contributed by atoms with Crippen molar-refractivity contribution in [3.63, 3.8) is 0 Å². The van der Waals surface area contributed by atoms with Gasteiger partial charge in [0.2, 0.25) is 10.0 Å². The Bertz CT molecular complexity index is 592. The lowest BCUT2D eigenvalue weighted by Crippen LogP contribution is -2.32. The van der Waals surface area contributed by atoms with E-state index in [1.165, 1.54) is 6.07 Å². The van der Waals surface area contributed by atoms with Crippen molar-refractivity contribution < 1.29 is 13.2 Å². The average Bonchev–Trinajstić information content (AvgIpc) is 2.92. The summed E-state index contributed by atoms with van der Waals surface area (Å²) < 4.78 is 32.9. The van der Waals surface area contributed by atoms with Crippen molar-refractivity contribution in [1.82, 2.24) is 4.72 Å². The second-order valence-corrected chi connectivity index (χ2v) is 7.33. The fourth-order valence-electron chi connectivity index (χ4n) is 2.56. The Morgan fingerprint density at radius 2 is 2.24 bits per heavy atom. The van der Waals surface area contributed by atoms with Gasteiger partial charge in [0, 0.05) is 25.6 Å². The first-order valence-electron chi connectivity index (χ1n) is 7.07. The van der Waals surface area contributed by atoms with Gasteiger partial charge in [0.25, 0.3) is 0 Å². The van der Waals surface area contributed by atoms with Crippen LogP contribution in [0.15, 0.2) is 23.1 Å². The SMILES string of the molecule is CCC1OCCC1CNS(=O)(=O)c1ccc(CN)cc1Cl. The van der Waals surface area contributed by atoms with Gasteiger partial charge in [-0.2, -0.15) is 0 Å². The zero-order valence-electron chi connectivity index (χ0n) is 12.0. The van der Waals surface area contributed by atoms with Crippen molar-refractivity contribution >= 4 is 21.6 Å². The van der Waals surface area contributed by atoms with E-state index < -0.39 is 10.0 Å². The summed E-state index contributed by atoms with van der Waals surface area (Å²) >= 11 is 6.04. The second kappa shape index (κ2) is 7.07. The van der Waals surface area contributed by atoms with Crippen LogP contribution in [0.1, 0.15) is 25.3 Å². The first kappa shape index (κ1) is 16.7. The number of rotatable bonds is 6. The quantitative estimate of drug-likeness (QED) is 0.833. The van der Waals surface area contributed by atoms with Crippen LogP contribution in [-0.4, -0.2) is 27.7 Å². The Hall–Kier alpha value is -0.660. The van der Waals surface area contributed by atoms with Gasteiger partial charge in [-0.05, 0) is 30.5 Å². The summed E-state index contributed by atoms with van der Waals surface area (Å²) in [6, 6.07) is 4.76. The van der Waals surface area contributed by atoms with Gasteiger partial charge in [-0.1, -0.05) is 24.6 Å². The monoisotopic (exact) mass is 332 g/mol. The minimum Gasteiger partial charge on any atom is -0.378 e. The van der Waals surface area contributed by atoms with Crippen LogP contribution in [0, 0.1) is 5.92 Å². The fraction of sp³-hybridized carbons (Fsp3) is 0.571. The highest BCUT2D eigenvalue weighted by Gasteiger charge is 2.28. The molecule has 118 valence electrons. The zero-order chi connectivity index (χ0) is 15.5. The lowest BCUT2D eigenvalue weighted by Gasteiger charge is -2.17. The molecule has 3 N–H and O–H groups in total. The van der Waals surface area contributed by atoms with Gasteiger partial charge in [0.05, 0.1) is 11.1 Å². The Morgan fingerprint density at radius 1 is 1.48 bits per heavy atom. The van der Waals surface area contributed by atoms with Crippen LogP contribution < -0.4 is 10.5 Å². The minimum atomic E-state index is -3.61. The smallest absolute Gasteiger partial charge is 0.242 e. The van der Waals surface area contributed by atoms with Crippen LogP contribution in [0.25, 0.3) is 0 Å². The third kappa shape index (κ3) is 3.96. The molecule has 0 saturated carbocycles. The molecule has 2 atom stereocenters. The number of halogens is 1. The Labute approximate surface area is 130 Å². The molecule has 2 unspecified atom stereocenters.